The second-order valence-electron chi connectivity index (χ2n) is 4.53. The summed E-state index contributed by atoms with van der Waals surface area (Å²) in [5, 5.41) is 9.02. The van der Waals surface area contributed by atoms with E-state index in [1.807, 2.05) is 22.6 Å². The fourth-order valence-corrected chi connectivity index (χ4v) is 3.60. The minimum atomic E-state index is -3.69. The molecule has 6 nitrogen and oxygen atoms in total. The van der Waals surface area contributed by atoms with Gasteiger partial charge in [0.15, 0.2) is 0 Å². The van der Waals surface area contributed by atoms with Crippen molar-refractivity contribution in [3.63, 3.8) is 0 Å². The van der Waals surface area contributed by atoms with Gasteiger partial charge in [-0.15, -0.1) is 0 Å². The number of benzene rings is 1. The number of carbonyl (C=O) groups is 1. The monoisotopic (exact) mass is 411 g/mol. The third-order valence-corrected chi connectivity index (χ3v) is 5.43. The molecule has 0 saturated carbocycles. The molecule has 0 spiro atoms. The predicted octanol–water partition coefficient (Wildman–Crippen LogP) is 1.30. The molecule has 0 aromatic heterocycles. The summed E-state index contributed by atoms with van der Waals surface area (Å²) in [6, 6.07) is 4.07. The van der Waals surface area contributed by atoms with Gasteiger partial charge in [-0.05, 0) is 53.1 Å². The number of sulfonamides is 1. The van der Waals surface area contributed by atoms with Crippen LogP contribution in [0.25, 0.3) is 0 Å². The Kier molecular flexibility index (Phi) is 4.99. The van der Waals surface area contributed by atoms with Crippen LogP contribution in [-0.2, 0) is 14.8 Å². The van der Waals surface area contributed by atoms with Crippen molar-refractivity contribution in [3.05, 3.63) is 27.3 Å². The molecule has 1 heterocycles. The average molecular weight is 411 g/mol. The fraction of sp³-hybridized carbons (Fsp3) is 0.417. The first-order valence-electron chi connectivity index (χ1n) is 6.00. The van der Waals surface area contributed by atoms with Crippen LogP contribution in [0.1, 0.15) is 16.8 Å². The molecule has 1 aliphatic rings. The molecule has 1 aliphatic heterocycles. The molecule has 20 heavy (non-hydrogen) atoms. The number of hydrogen-bond acceptors (Lipinski definition) is 4. The van der Waals surface area contributed by atoms with Gasteiger partial charge in [0.05, 0.1) is 17.1 Å². The molecule has 2 rings (SSSR count). The van der Waals surface area contributed by atoms with Crippen molar-refractivity contribution in [2.45, 2.75) is 11.3 Å². The van der Waals surface area contributed by atoms with Crippen LogP contribution in [0.5, 0.6) is 0 Å². The average Bonchev–Trinajstić information content (AvgIpc) is 2.89. The van der Waals surface area contributed by atoms with Crippen LogP contribution in [-0.4, -0.2) is 39.3 Å². The van der Waals surface area contributed by atoms with Gasteiger partial charge in [-0.3, -0.25) is 0 Å². The van der Waals surface area contributed by atoms with Gasteiger partial charge in [0.2, 0.25) is 10.0 Å². The number of hydrogen-bond donors (Lipinski definition) is 2. The van der Waals surface area contributed by atoms with Crippen LogP contribution in [0, 0.1) is 9.49 Å². The molecule has 1 unspecified atom stereocenters. The van der Waals surface area contributed by atoms with E-state index in [9.17, 15) is 13.2 Å². The van der Waals surface area contributed by atoms with Gasteiger partial charge in [-0.1, -0.05) is 0 Å². The van der Waals surface area contributed by atoms with E-state index in [1.54, 1.807) is 0 Å². The third kappa shape index (κ3) is 3.68. The minimum Gasteiger partial charge on any atom is -0.478 e. The first kappa shape index (κ1) is 15.7. The summed E-state index contributed by atoms with van der Waals surface area (Å²) < 4.78 is 32.4. The number of carboxylic acids is 1. The molecule has 0 amide bonds. The van der Waals surface area contributed by atoms with Gasteiger partial charge >= 0.3 is 5.97 Å². The van der Waals surface area contributed by atoms with Gasteiger partial charge in [-0.2, -0.15) is 0 Å². The molecule has 1 saturated heterocycles. The van der Waals surface area contributed by atoms with E-state index < -0.39 is 16.0 Å². The zero-order valence-corrected chi connectivity index (χ0v) is 13.5. The Morgan fingerprint density at radius 3 is 2.85 bits per heavy atom. The summed E-state index contributed by atoms with van der Waals surface area (Å²) in [7, 11) is -3.69. The topological polar surface area (TPSA) is 92.7 Å². The summed E-state index contributed by atoms with van der Waals surface area (Å²) in [5.41, 5.74) is -0.0160. The van der Waals surface area contributed by atoms with Gasteiger partial charge in [0, 0.05) is 16.7 Å². The van der Waals surface area contributed by atoms with Crippen molar-refractivity contribution in [2.24, 2.45) is 5.92 Å². The number of rotatable bonds is 5. The number of ether oxygens (including phenoxy) is 1. The zero-order chi connectivity index (χ0) is 14.8. The van der Waals surface area contributed by atoms with Crippen LogP contribution in [0.2, 0.25) is 0 Å². The van der Waals surface area contributed by atoms with Gasteiger partial charge in [-0.25, -0.2) is 17.9 Å². The Bertz CT molecular complexity index is 610. The number of nitrogens with one attached hydrogen (secondary N) is 1. The SMILES string of the molecule is O=C(O)c1cc(S(=O)(=O)NCC2CCOC2)ccc1I. The first-order valence-corrected chi connectivity index (χ1v) is 8.56. The Balaban J connectivity index is 2.16. The molecule has 2 N–H and O–H groups in total. The van der Waals surface area contributed by atoms with Crippen molar-refractivity contribution < 1.29 is 23.1 Å². The molecule has 1 atom stereocenters. The standard InChI is InChI=1S/C12H14INO5S/c13-11-2-1-9(5-10(11)12(15)16)20(17,18)14-6-8-3-4-19-7-8/h1-2,5,8,14H,3-4,6-7H2,(H,15,16). The molecule has 0 bridgehead atoms. The van der Waals surface area contributed by atoms with Crippen molar-refractivity contribution in [2.75, 3.05) is 19.8 Å². The van der Waals surface area contributed by atoms with Crippen LogP contribution in [0.4, 0.5) is 0 Å². The molecule has 1 aromatic rings. The lowest BCUT2D eigenvalue weighted by atomic mass is 10.1. The Morgan fingerprint density at radius 2 is 2.25 bits per heavy atom. The second kappa shape index (κ2) is 6.37. The third-order valence-electron chi connectivity index (χ3n) is 3.06. The van der Waals surface area contributed by atoms with Crippen molar-refractivity contribution >= 4 is 38.6 Å². The Hall–Kier alpha value is -0.710. The maximum absolute atomic E-state index is 12.1. The molecule has 0 radical (unpaired) electrons. The zero-order valence-electron chi connectivity index (χ0n) is 10.5. The lowest BCUT2D eigenvalue weighted by Gasteiger charge is -2.11. The molecule has 110 valence electrons. The first-order chi connectivity index (χ1) is 9.40. The van der Waals surface area contributed by atoms with Crippen molar-refractivity contribution in [3.8, 4) is 0 Å². The number of halogens is 1. The van der Waals surface area contributed by atoms with E-state index in [1.165, 1.54) is 18.2 Å². The molecular weight excluding hydrogens is 397 g/mol. The lowest BCUT2D eigenvalue weighted by molar-refractivity contribution is 0.0695. The normalized spacial score (nSPS) is 19.1. The Morgan fingerprint density at radius 1 is 1.50 bits per heavy atom. The summed E-state index contributed by atoms with van der Waals surface area (Å²) >= 11 is 1.86. The second-order valence-corrected chi connectivity index (χ2v) is 7.46. The number of aromatic carboxylic acids is 1. The molecule has 8 heteroatoms. The summed E-state index contributed by atoms with van der Waals surface area (Å²) in [6.45, 7) is 1.51. The van der Waals surface area contributed by atoms with Crippen LogP contribution < -0.4 is 4.72 Å². The smallest absolute Gasteiger partial charge is 0.336 e. The van der Waals surface area contributed by atoms with E-state index >= 15 is 0 Å². The van der Waals surface area contributed by atoms with Gasteiger partial charge in [0.1, 0.15) is 0 Å². The van der Waals surface area contributed by atoms with Gasteiger partial charge in [0.25, 0.3) is 0 Å². The largest absolute Gasteiger partial charge is 0.478 e. The highest BCUT2D eigenvalue weighted by Crippen LogP contribution is 2.19. The predicted molar refractivity (Wildman–Crippen MR) is 80.2 cm³/mol. The summed E-state index contributed by atoms with van der Waals surface area (Å²) in [5.74, 6) is -0.969. The van der Waals surface area contributed by atoms with E-state index in [0.29, 0.717) is 23.3 Å². The van der Waals surface area contributed by atoms with E-state index in [2.05, 4.69) is 4.72 Å². The van der Waals surface area contributed by atoms with Crippen LogP contribution in [0.3, 0.4) is 0 Å². The lowest BCUT2D eigenvalue weighted by Crippen LogP contribution is -2.29. The van der Waals surface area contributed by atoms with E-state index in [0.717, 1.165) is 6.42 Å². The molecule has 1 fully saturated rings. The molecule has 1 aromatic carbocycles. The quantitative estimate of drug-likeness (QED) is 0.713. The van der Waals surface area contributed by atoms with Crippen molar-refractivity contribution in [1.82, 2.24) is 4.72 Å². The number of carboxylic acid groups (broad SMARTS) is 1. The van der Waals surface area contributed by atoms with Crippen LogP contribution >= 0.6 is 22.6 Å². The van der Waals surface area contributed by atoms with E-state index in [-0.39, 0.29) is 16.4 Å². The van der Waals surface area contributed by atoms with Crippen molar-refractivity contribution in [1.29, 1.82) is 0 Å². The molecule has 0 aliphatic carbocycles. The highest BCUT2D eigenvalue weighted by atomic mass is 127. The highest BCUT2D eigenvalue weighted by Gasteiger charge is 2.21. The summed E-state index contributed by atoms with van der Waals surface area (Å²) in [6.07, 6.45) is 0.829. The van der Waals surface area contributed by atoms with Crippen LogP contribution in [0.15, 0.2) is 23.1 Å². The maximum Gasteiger partial charge on any atom is 0.336 e. The maximum atomic E-state index is 12.1. The summed E-state index contributed by atoms with van der Waals surface area (Å²) in [4.78, 5) is 11.0. The van der Waals surface area contributed by atoms with E-state index in [4.69, 9.17) is 9.84 Å². The van der Waals surface area contributed by atoms with Gasteiger partial charge < -0.3 is 9.84 Å². The fourth-order valence-electron chi connectivity index (χ4n) is 1.89. The molecular formula is C12H14INO5S. The highest BCUT2D eigenvalue weighted by molar-refractivity contribution is 14.1. The Labute approximate surface area is 130 Å². The minimum absolute atomic E-state index is 0.0160.